The van der Waals surface area contributed by atoms with Gasteiger partial charge in [-0.3, -0.25) is 0 Å². The van der Waals surface area contributed by atoms with E-state index < -0.39 is 0 Å². The van der Waals surface area contributed by atoms with Crippen LogP contribution in [0, 0.1) is 0 Å². The van der Waals surface area contributed by atoms with E-state index in [9.17, 15) is 0 Å². The summed E-state index contributed by atoms with van der Waals surface area (Å²) in [5, 5.41) is 0. The van der Waals surface area contributed by atoms with E-state index in [2.05, 4.69) is 6.58 Å². The fourth-order valence-corrected chi connectivity index (χ4v) is 0.246. The van der Waals surface area contributed by atoms with Gasteiger partial charge >= 0.3 is 47.0 Å². The minimum absolute atomic E-state index is 0.731. The number of hydrogen-bond acceptors (Lipinski definition) is 1. The molecule has 0 N–H and O–H groups in total. The topological polar surface area (TPSA) is 9.23 Å². The SMILES string of the molecule is [Li][C](=C)OCC. The van der Waals surface area contributed by atoms with Crippen LogP contribution in [0.5, 0.6) is 0 Å². The fraction of sp³-hybridized carbons (Fsp3) is 0.500. The Morgan fingerprint density at radius 1 is 2.00 bits per heavy atom. The van der Waals surface area contributed by atoms with E-state index in [-0.39, 0.29) is 0 Å². The van der Waals surface area contributed by atoms with Crippen LogP contribution >= 0.6 is 0 Å². The van der Waals surface area contributed by atoms with Crippen molar-refractivity contribution in [3.05, 3.63) is 11.0 Å². The number of rotatable bonds is 2. The molecule has 0 aliphatic rings. The molecule has 0 aromatic carbocycles. The molecule has 0 radical (unpaired) electrons. The molecule has 30 valence electrons. The maximum atomic E-state index is 4.85. The first-order valence-corrected chi connectivity index (χ1v) is 2.05. The van der Waals surface area contributed by atoms with Gasteiger partial charge in [-0.15, -0.1) is 0 Å². The van der Waals surface area contributed by atoms with Crippen molar-refractivity contribution in [1.82, 2.24) is 0 Å². The Balaban J connectivity index is 2.83. The predicted molar refractivity (Wildman–Crippen MR) is 26.5 cm³/mol. The van der Waals surface area contributed by atoms with Gasteiger partial charge in [0.15, 0.2) is 0 Å². The summed E-state index contributed by atoms with van der Waals surface area (Å²) >= 11 is 1.84. The Morgan fingerprint density at radius 3 is 2.50 bits per heavy atom. The average Bonchev–Trinajstić information content (AvgIpc) is 1.35. The summed E-state index contributed by atoms with van der Waals surface area (Å²) in [6.07, 6.45) is 0. The van der Waals surface area contributed by atoms with Gasteiger partial charge in [-0.05, 0) is 0 Å². The fourth-order valence-electron chi connectivity index (χ4n) is 0.246. The Morgan fingerprint density at radius 2 is 2.50 bits per heavy atom. The second-order valence-corrected chi connectivity index (χ2v) is 1.14. The van der Waals surface area contributed by atoms with Crippen LogP contribution in [0.1, 0.15) is 6.92 Å². The molecule has 0 saturated carbocycles. The molecule has 0 spiro atoms. The van der Waals surface area contributed by atoms with Crippen molar-refractivity contribution in [2.24, 2.45) is 0 Å². The first-order valence-electron chi connectivity index (χ1n) is 2.05. The van der Waals surface area contributed by atoms with E-state index >= 15 is 0 Å². The summed E-state index contributed by atoms with van der Waals surface area (Å²) in [5.41, 5.74) is 0. The van der Waals surface area contributed by atoms with Crippen molar-refractivity contribution >= 4 is 17.7 Å². The maximum absolute atomic E-state index is 4.85. The van der Waals surface area contributed by atoms with Crippen LogP contribution in [0.15, 0.2) is 11.0 Å². The Bertz CT molecular complexity index is 51.5. The molecule has 0 amide bonds. The van der Waals surface area contributed by atoms with Crippen molar-refractivity contribution in [2.45, 2.75) is 6.92 Å². The van der Waals surface area contributed by atoms with Crippen LogP contribution < -0.4 is 0 Å². The van der Waals surface area contributed by atoms with Crippen molar-refractivity contribution in [3.63, 3.8) is 0 Å². The van der Waals surface area contributed by atoms with Crippen LogP contribution in [0.25, 0.3) is 0 Å². The van der Waals surface area contributed by atoms with E-state index in [1.54, 1.807) is 0 Å². The normalized spacial score (nSPS) is 7.83. The zero-order valence-electron chi connectivity index (χ0n) is 4.32. The van der Waals surface area contributed by atoms with Gasteiger partial charge in [0.25, 0.3) is 0 Å². The van der Waals surface area contributed by atoms with Gasteiger partial charge in [-0.2, -0.15) is 0 Å². The first kappa shape index (κ1) is 6.14. The van der Waals surface area contributed by atoms with E-state index in [0.29, 0.717) is 0 Å². The van der Waals surface area contributed by atoms with Crippen LogP contribution in [0.4, 0.5) is 0 Å². The number of ether oxygens (including phenoxy) is 1. The number of hydrogen-bond donors (Lipinski definition) is 0. The third-order valence-corrected chi connectivity index (χ3v) is 0.391. The first-order chi connectivity index (χ1) is 2.77. The molecule has 0 bridgehead atoms. The molecule has 0 atom stereocenters. The molecule has 0 heterocycles. The molecule has 1 nitrogen and oxygen atoms in total. The standard InChI is InChI=1S/C4H7O.Li/c1-3-5-4-2;/h1,4H2,2H3;. The molecule has 0 aromatic rings. The molecular weight excluding hydrogens is 71.0 g/mol. The zero-order chi connectivity index (χ0) is 4.99. The second kappa shape index (κ2) is 3.33. The van der Waals surface area contributed by atoms with E-state index in [0.717, 1.165) is 11.0 Å². The summed E-state index contributed by atoms with van der Waals surface area (Å²) in [6.45, 7) is 6.19. The second-order valence-electron chi connectivity index (χ2n) is 1.14. The van der Waals surface area contributed by atoms with Crippen molar-refractivity contribution in [1.29, 1.82) is 0 Å². The predicted octanol–water partition coefficient (Wildman–Crippen LogP) is 0.663. The van der Waals surface area contributed by atoms with Crippen LogP contribution in [-0.2, 0) is 4.74 Å². The van der Waals surface area contributed by atoms with Crippen LogP contribution in [-0.4, -0.2) is 24.3 Å². The molecule has 2 heteroatoms. The summed E-state index contributed by atoms with van der Waals surface area (Å²) in [4.78, 5) is 0. The van der Waals surface area contributed by atoms with Gasteiger partial charge in [-0.1, -0.05) is 0 Å². The van der Waals surface area contributed by atoms with Crippen LogP contribution in [0.2, 0.25) is 0 Å². The summed E-state index contributed by atoms with van der Waals surface area (Å²) in [5.74, 6) is 0. The molecule has 0 saturated heterocycles. The van der Waals surface area contributed by atoms with Gasteiger partial charge in [0.05, 0.1) is 0 Å². The third kappa shape index (κ3) is 4.14. The van der Waals surface area contributed by atoms with Crippen molar-refractivity contribution in [2.75, 3.05) is 6.61 Å². The van der Waals surface area contributed by atoms with Gasteiger partial charge < -0.3 is 0 Å². The van der Waals surface area contributed by atoms with Gasteiger partial charge in [0, 0.05) is 0 Å². The van der Waals surface area contributed by atoms with Crippen LogP contribution in [0.3, 0.4) is 0 Å². The Kier molecular flexibility index (Phi) is 3.41. The average molecular weight is 78.0 g/mol. The Hall–Kier alpha value is 0.137. The van der Waals surface area contributed by atoms with Gasteiger partial charge in [-0.25, -0.2) is 0 Å². The van der Waals surface area contributed by atoms with Crippen molar-refractivity contribution < 1.29 is 4.74 Å². The molecule has 6 heavy (non-hydrogen) atoms. The van der Waals surface area contributed by atoms with E-state index in [1.165, 1.54) is 0 Å². The minimum atomic E-state index is 0.731. The van der Waals surface area contributed by atoms with Gasteiger partial charge in [0.1, 0.15) is 0 Å². The molecule has 0 aliphatic heterocycles. The van der Waals surface area contributed by atoms with Gasteiger partial charge in [0.2, 0.25) is 0 Å². The van der Waals surface area contributed by atoms with E-state index in [4.69, 9.17) is 4.74 Å². The van der Waals surface area contributed by atoms with E-state index in [1.807, 2.05) is 24.6 Å². The monoisotopic (exact) mass is 78.1 g/mol. The molecule has 0 aliphatic carbocycles. The summed E-state index contributed by atoms with van der Waals surface area (Å²) in [7, 11) is 0. The molecule has 0 aromatic heterocycles. The summed E-state index contributed by atoms with van der Waals surface area (Å²) in [6, 6.07) is 0. The summed E-state index contributed by atoms with van der Waals surface area (Å²) < 4.78 is 5.64. The molecule has 0 unspecified atom stereocenters. The molecule has 0 rings (SSSR count). The third-order valence-electron chi connectivity index (χ3n) is 0.391. The quantitative estimate of drug-likeness (QED) is 0.348. The molecular formula is C4H7LiO. The van der Waals surface area contributed by atoms with Crippen molar-refractivity contribution in [3.8, 4) is 0 Å². The Labute approximate surface area is 47.6 Å². The molecule has 0 fully saturated rings. The zero-order valence-corrected chi connectivity index (χ0v) is 4.32.